The number of hydrogen-bond acceptors (Lipinski definition) is 19. The van der Waals surface area contributed by atoms with E-state index in [4.69, 9.17) is 14.2 Å². The van der Waals surface area contributed by atoms with E-state index in [1.165, 1.54) is 28.5 Å². The highest BCUT2D eigenvalue weighted by molar-refractivity contribution is 7.91. The van der Waals surface area contributed by atoms with Crippen LogP contribution in [0.15, 0.2) is 82.9 Å². The molecule has 9 atom stereocenters. The third-order valence-corrected chi connectivity index (χ3v) is 23.5. The monoisotopic (exact) mass is 1570 g/mol. The predicted molar refractivity (Wildman–Crippen MR) is 334 cm³/mol. The zero-order valence-corrected chi connectivity index (χ0v) is 60.0. The summed E-state index contributed by atoms with van der Waals surface area (Å²) in [4.78, 5) is 47.1. The summed E-state index contributed by atoms with van der Waals surface area (Å²) in [6.07, 6.45) is -14.9. The second kappa shape index (κ2) is 26.1. The molecule has 22 nitrogen and oxygen atoms in total. The van der Waals surface area contributed by atoms with Crippen molar-refractivity contribution in [3.05, 3.63) is 117 Å². The number of halogens is 15. The topological polar surface area (TPSA) is 282 Å². The predicted octanol–water partition coefficient (Wildman–Crippen LogP) is 12.2. The quantitative estimate of drug-likeness (QED) is 0.0723. The number of nitrogens with zero attached hydrogens (tertiary/aromatic N) is 7. The van der Waals surface area contributed by atoms with Gasteiger partial charge in [-0.1, -0.05) is 22.4 Å². The van der Waals surface area contributed by atoms with Crippen molar-refractivity contribution in [3.8, 4) is 17.2 Å². The van der Waals surface area contributed by atoms with Gasteiger partial charge in [-0.3, -0.25) is 14.4 Å². The van der Waals surface area contributed by atoms with Gasteiger partial charge in [-0.15, -0.1) is 0 Å². The SMILES string of the molecule is C[C@H](Oc1ccc(S(C)(=O)=O)cc1C(=O)N1CC2(C)CC2(c2noc(C(F)(F)F)n2)C1)C(C)(F)F.Cc1c(C23CC2CN(C(=O)c2cc(S(C)(=O)=O)ccc2O[C@@H](C)C(C)(F)F)C3)noc1C(F)(F)F.Cc1c(C23CC2CN(C(=O)c2cc(S(C)(=O)=O)ccc2O[C@H](C)C(C)(F)F)C3)noc1C(F)(F)F. The van der Waals surface area contributed by atoms with Gasteiger partial charge in [-0.2, -0.15) is 44.5 Å². The molecule has 6 fully saturated rings. The molecule has 0 N–H and O–H groups in total. The van der Waals surface area contributed by atoms with Gasteiger partial charge in [0, 0.05) is 106 Å². The third-order valence-electron chi connectivity index (χ3n) is 20.2. The number of carbonyl (C=O) groups excluding carboxylic acids is 3. The maximum atomic E-state index is 13.7. The lowest BCUT2D eigenvalue weighted by Gasteiger charge is -2.25. The average Bonchev–Trinajstić information content (AvgIpc) is 1.46. The fourth-order valence-electron chi connectivity index (χ4n) is 13.5. The Hall–Kier alpha value is -8.17. The minimum absolute atomic E-state index is 0.0171. The molecule has 6 aromatic rings. The number of benzene rings is 3. The number of sulfone groups is 3. The number of aromatic nitrogens is 4. The largest absolute Gasteiger partial charge is 0.484 e. The van der Waals surface area contributed by atoms with E-state index < -0.39 is 141 Å². The molecule has 3 saturated carbocycles. The second-order valence-electron chi connectivity index (χ2n) is 28.3. The van der Waals surface area contributed by atoms with Crippen LogP contribution >= 0.6 is 0 Å². The minimum Gasteiger partial charge on any atom is -0.484 e. The van der Waals surface area contributed by atoms with Crippen LogP contribution in [0.4, 0.5) is 65.9 Å². The van der Waals surface area contributed by atoms with E-state index in [1.807, 2.05) is 0 Å². The van der Waals surface area contributed by atoms with Crippen molar-refractivity contribution in [1.82, 2.24) is 35.2 Å². The number of rotatable bonds is 18. The zero-order chi connectivity index (χ0) is 78.5. The van der Waals surface area contributed by atoms with Crippen molar-refractivity contribution in [2.75, 3.05) is 58.0 Å². The molecule has 3 aliphatic heterocycles. The number of alkyl halides is 15. The molecular formula is C65H68F15N7O15S3. The number of hydrogen-bond donors (Lipinski definition) is 0. The zero-order valence-electron chi connectivity index (χ0n) is 57.6. The molecule has 6 unspecified atom stereocenters. The molecule has 0 spiro atoms. The summed E-state index contributed by atoms with van der Waals surface area (Å²) >= 11 is 0. The third kappa shape index (κ3) is 15.6. The molecule has 12 rings (SSSR count). The van der Waals surface area contributed by atoms with Gasteiger partial charge < -0.3 is 42.5 Å². The molecule has 3 aromatic carbocycles. The van der Waals surface area contributed by atoms with Gasteiger partial charge in [0.25, 0.3) is 35.5 Å². The van der Waals surface area contributed by atoms with E-state index in [-0.39, 0.29) is 128 Å². The van der Waals surface area contributed by atoms with Gasteiger partial charge >= 0.3 is 24.4 Å². The summed E-state index contributed by atoms with van der Waals surface area (Å²) in [5.41, 5.74) is -3.99. The molecule has 6 aliphatic rings. The molecule has 40 heteroatoms. The average molecular weight is 1570 g/mol. The summed E-state index contributed by atoms with van der Waals surface area (Å²) in [6.45, 7) is 9.97. The highest BCUT2D eigenvalue weighted by Gasteiger charge is 2.74. The van der Waals surface area contributed by atoms with Crippen LogP contribution in [0.2, 0.25) is 0 Å². The molecule has 3 saturated heterocycles. The van der Waals surface area contributed by atoms with E-state index in [1.54, 1.807) is 6.92 Å². The molecular weight excluding hydrogens is 1500 g/mol. The normalized spacial score (nSPS) is 23.9. The summed E-state index contributed by atoms with van der Waals surface area (Å²) < 4.78 is 302. The Morgan fingerprint density at radius 2 is 0.829 bits per heavy atom. The van der Waals surface area contributed by atoms with Crippen LogP contribution in [0, 0.1) is 31.1 Å². The summed E-state index contributed by atoms with van der Waals surface area (Å²) in [7, 11) is -11.2. The second-order valence-corrected chi connectivity index (χ2v) is 34.3. The van der Waals surface area contributed by atoms with Gasteiger partial charge in [0.2, 0.25) is 11.5 Å². The molecule has 3 amide bonds. The molecule has 105 heavy (non-hydrogen) atoms. The number of likely N-dealkylation sites (tertiary alicyclic amines) is 3. The van der Waals surface area contributed by atoms with E-state index in [9.17, 15) is 105 Å². The standard InChI is InChI=1S/2C22H23F5N2O5S.C21H22F5N3O5S/c2*1-11-17(28-34-18(11)22(25,26)27)21-8-13(21)9-29(10-21)19(30)15-7-14(35(4,31)32)5-6-16(15)33-12(2)20(3,23)24;1-11(19(3,22)23)33-14-6-5-12(35(4,31)32)7-13(14)15(30)29-9-18(2)8-20(18,10-29)16-27-17(34-28-16)21(24,25)26/h2*5-7,12-13H,8-10H2,1-4H3;5-7,11H,8-10H2,1-4H3/t2*12-,13?,21?;11-,18?,20?/m100/s1. The van der Waals surface area contributed by atoms with E-state index in [0.29, 0.717) is 40.0 Å². The van der Waals surface area contributed by atoms with Crippen LogP contribution in [0.3, 0.4) is 0 Å². The van der Waals surface area contributed by atoms with Gasteiger partial charge in [-0.25, -0.2) is 51.6 Å². The van der Waals surface area contributed by atoms with Gasteiger partial charge in [0.15, 0.2) is 53.6 Å². The number of ether oxygens (including phenoxy) is 3. The lowest BCUT2D eigenvalue weighted by atomic mass is 9.97. The number of fused-ring (bicyclic) bond motifs is 3. The Bertz CT molecular complexity index is 4600. The van der Waals surface area contributed by atoms with Crippen LogP contribution in [-0.4, -0.2) is 172 Å². The smallest absolute Gasteiger partial charge is 0.471 e. The molecule has 6 heterocycles. The van der Waals surface area contributed by atoms with Crippen molar-refractivity contribution in [3.63, 3.8) is 0 Å². The Kier molecular flexibility index (Phi) is 19.7. The Morgan fingerprint density at radius 3 is 1.11 bits per heavy atom. The van der Waals surface area contributed by atoms with Crippen LogP contribution in [0.1, 0.15) is 145 Å². The van der Waals surface area contributed by atoms with Crippen molar-refractivity contribution in [2.45, 2.75) is 167 Å². The fraction of sp³-hybridized carbons (Fsp3) is 0.554. The molecule has 576 valence electrons. The summed E-state index contributed by atoms with van der Waals surface area (Å²) in [6, 6.07) is 10.1. The van der Waals surface area contributed by atoms with Crippen LogP contribution < -0.4 is 14.2 Å². The van der Waals surface area contributed by atoms with Crippen LogP contribution in [0.25, 0.3) is 0 Å². The molecule has 3 aromatic heterocycles. The van der Waals surface area contributed by atoms with Crippen LogP contribution in [0.5, 0.6) is 17.2 Å². The first-order chi connectivity index (χ1) is 47.8. The van der Waals surface area contributed by atoms with Crippen molar-refractivity contribution >= 4 is 47.2 Å². The number of piperidine rings is 3. The fourth-order valence-corrected chi connectivity index (χ4v) is 15.5. The van der Waals surface area contributed by atoms with Gasteiger partial charge in [0.05, 0.1) is 48.2 Å². The Balaban J connectivity index is 0.000000169. The van der Waals surface area contributed by atoms with Gasteiger partial charge in [0.1, 0.15) is 17.2 Å². The van der Waals surface area contributed by atoms with Crippen LogP contribution in [-0.2, 0) is 64.3 Å². The van der Waals surface area contributed by atoms with Crippen molar-refractivity contribution in [1.29, 1.82) is 0 Å². The number of amides is 3. The first-order valence-electron chi connectivity index (χ1n) is 31.8. The van der Waals surface area contributed by atoms with Crippen molar-refractivity contribution < 1.29 is 133 Å². The summed E-state index contributed by atoms with van der Waals surface area (Å²) in [5.74, 6) is -16.9. The van der Waals surface area contributed by atoms with E-state index in [0.717, 1.165) is 94.1 Å². The number of carbonyl (C=O) groups is 3. The first kappa shape index (κ1) is 79.4. The lowest BCUT2D eigenvalue weighted by Crippen LogP contribution is -2.35. The lowest BCUT2D eigenvalue weighted by molar-refractivity contribution is -0.159. The minimum atomic E-state index is -4.82. The summed E-state index contributed by atoms with van der Waals surface area (Å²) in [5, 5.41) is 10.8. The van der Waals surface area contributed by atoms with E-state index in [2.05, 4.69) is 34.0 Å². The highest BCUT2D eigenvalue weighted by atomic mass is 32.2. The Labute approximate surface area is 590 Å². The highest BCUT2D eigenvalue weighted by Crippen LogP contribution is 2.68. The maximum absolute atomic E-state index is 13.7. The molecule has 0 radical (unpaired) electrons. The van der Waals surface area contributed by atoms with Crippen molar-refractivity contribution in [2.24, 2.45) is 17.3 Å². The molecule has 0 bridgehead atoms. The Morgan fingerprint density at radius 1 is 0.495 bits per heavy atom. The van der Waals surface area contributed by atoms with E-state index >= 15 is 0 Å². The van der Waals surface area contributed by atoms with Gasteiger partial charge in [-0.05, 0) is 120 Å². The maximum Gasteiger partial charge on any atom is 0.471 e. The first-order valence-corrected chi connectivity index (χ1v) is 37.5. The molecule has 3 aliphatic carbocycles.